The van der Waals surface area contributed by atoms with Crippen LogP contribution in [0, 0.1) is 11.6 Å². The molecule has 2 N–H and O–H groups in total. The molecule has 0 aliphatic rings. The quantitative estimate of drug-likeness (QED) is 0.905. The van der Waals surface area contributed by atoms with E-state index in [0.29, 0.717) is 21.7 Å². The van der Waals surface area contributed by atoms with Gasteiger partial charge in [-0.15, -0.1) is 0 Å². The molecule has 7 heteroatoms. The van der Waals surface area contributed by atoms with Gasteiger partial charge < -0.3 is 10.1 Å². The lowest BCUT2D eigenvalue weighted by Gasteiger charge is -1.98. The summed E-state index contributed by atoms with van der Waals surface area (Å²) in [5.74, 6) is -2.35. The second kappa shape index (κ2) is 5.48. The maximum Gasteiger partial charge on any atom is 0.303 e. The largest absolute Gasteiger partial charge is 0.481 e. The third kappa shape index (κ3) is 3.17. The molecule has 0 saturated carbocycles. The smallest absolute Gasteiger partial charge is 0.303 e. The highest BCUT2D eigenvalue weighted by molar-refractivity contribution is 9.10. The molecule has 0 bridgehead atoms. The number of nitrogens with one attached hydrogen (secondary N) is 1. The SMILES string of the molecule is O=C(O)CCc1nc(-c2ccc(F)c(F)c2)c(Br)[nH]1. The van der Waals surface area contributed by atoms with Crippen molar-refractivity contribution in [3.05, 3.63) is 40.3 Å². The van der Waals surface area contributed by atoms with Gasteiger partial charge in [0.15, 0.2) is 11.6 Å². The van der Waals surface area contributed by atoms with Crippen molar-refractivity contribution in [1.82, 2.24) is 9.97 Å². The number of hydrogen-bond acceptors (Lipinski definition) is 2. The number of carboxylic acids is 1. The van der Waals surface area contributed by atoms with Crippen LogP contribution >= 0.6 is 15.9 Å². The molecule has 0 fully saturated rings. The van der Waals surface area contributed by atoms with E-state index in [1.807, 2.05) is 0 Å². The van der Waals surface area contributed by atoms with E-state index < -0.39 is 17.6 Å². The molecule has 0 radical (unpaired) electrons. The van der Waals surface area contributed by atoms with Crippen molar-refractivity contribution < 1.29 is 18.7 Å². The van der Waals surface area contributed by atoms with Crippen molar-refractivity contribution in [2.45, 2.75) is 12.8 Å². The molecule has 0 aliphatic carbocycles. The number of rotatable bonds is 4. The molecule has 4 nitrogen and oxygen atoms in total. The molecule has 0 aliphatic heterocycles. The Hall–Kier alpha value is -1.76. The summed E-state index contributed by atoms with van der Waals surface area (Å²) in [6.45, 7) is 0. The summed E-state index contributed by atoms with van der Waals surface area (Å²) in [6.07, 6.45) is 0.175. The Labute approximate surface area is 115 Å². The molecule has 100 valence electrons. The van der Waals surface area contributed by atoms with E-state index in [9.17, 15) is 13.6 Å². The minimum Gasteiger partial charge on any atom is -0.481 e. The third-order valence-corrected chi connectivity index (χ3v) is 3.05. The number of carbonyl (C=O) groups is 1. The average Bonchev–Trinajstić information content (AvgIpc) is 2.72. The fraction of sp³-hybridized carbons (Fsp3) is 0.167. The van der Waals surface area contributed by atoms with E-state index in [0.717, 1.165) is 12.1 Å². The number of halogens is 3. The van der Waals surface area contributed by atoms with Gasteiger partial charge in [-0.3, -0.25) is 4.79 Å². The van der Waals surface area contributed by atoms with Crippen LogP contribution in [-0.2, 0) is 11.2 Å². The molecule has 2 aromatic rings. The Bertz CT molecular complexity index is 628. The lowest BCUT2D eigenvalue weighted by atomic mass is 10.1. The monoisotopic (exact) mass is 330 g/mol. The Morgan fingerprint density at radius 1 is 1.37 bits per heavy atom. The number of hydrogen-bond donors (Lipinski definition) is 2. The van der Waals surface area contributed by atoms with Crippen molar-refractivity contribution in [1.29, 1.82) is 0 Å². The van der Waals surface area contributed by atoms with Crippen LogP contribution in [0.1, 0.15) is 12.2 Å². The highest BCUT2D eigenvalue weighted by Crippen LogP contribution is 2.27. The first-order chi connectivity index (χ1) is 8.97. The van der Waals surface area contributed by atoms with Crippen LogP contribution < -0.4 is 0 Å². The van der Waals surface area contributed by atoms with Crippen molar-refractivity contribution in [2.24, 2.45) is 0 Å². The van der Waals surface area contributed by atoms with E-state index in [1.54, 1.807) is 0 Å². The first-order valence-corrected chi connectivity index (χ1v) is 6.18. The normalized spacial score (nSPS) is 10.7. The topological polar surface area (TPSA) is 66.0 Å². The molecule has 0 atom stereocenters. The highest BCUT2D eigenvalue weighted by atomic mass is 79.9. The highest BCUT2D eigenvalue weighted by Gasteiger charge is 2.13. The number of aromatic nitrogens is 2. The van der Waals surface area contributed by atoms with Gasteiger partial charge in [0.2, 0.25) is 0 Å². The van der Waals surface area contributed by atoms with Crippen LogP contribution in [0.15, 0.2) is 22.8 Å². The predicted octanol–water partition coefficient (Wildman–Crippen LogP) is 3.13. The number of aromatic amines is 1. The number of benzene rings is 1. The van der Waals surface area contributed by atoms with Crippen LogP contribution in [0.3, 0.4) is 0 Å². The zero-order chi connectivity index (χ0) is 14.0. The van der Waals surface area contributed by atoms with Crippen LogP contribution in [0.5, 0.6) is 0 Å². The van der Waals surface area contributed by atoms with Crippen molar-refractivity contribution in [3.63, 3.8) is 0 Å². The maximum absolute atomic E-state index is 13.2. The van der Waals surface area contributed by atoms with Gasteiger partial charge in [-0.2, -0.15) is 0 Å². The second-order valence-electron chi connectivity index (χ2n) is 3.87. The van der Waals surface area contributed by atoms with Crippen molar-refractivity contribution >= 4 is 21.9 Å². The molecule has 2 rings (SSSR count). The first kappa shape index (κ1) is 13.7. The van der Waals surface area contributed by atoms with E-state index in [-0.39, 0.29) is 12.8 Å². The fourth-order valence-electron chi connectivity index (χ4n) is 1.58. The summed E-state index contributed by atoms with van der Waals surface area (Å²) in [5.41, 5.74) is 0.822. The van der Waals surface area contributed by atoms with Gasteiger partial charge in [-0.1, -0.05) is 0 Å². The molecular weight excluding hydrogens is 322 g/mol. The lowest BCUT2D eigenvalue weighted by molar-refractivity contribution is -0.137. The predicted molar refractivity (Wildman–Crippen MR) is 67.6 cm³/mol. The average molecular weight is 331 g/mol. The van der Waals surface area contributed by atoms with Gasteiger partial charge >= 0.3 is 5.97 Å². The van der Waals surface area contributed by atoms with E-state index in [2.05, 4.69) is 25.9 Å². The maximum atomic E-state index is 13.2. The number of carboxylic acid groups (broad SMARTS) is 1. The minimum atomic E-state index is -0.959. The molecule has 0 spiro atoms. The van der Waals surface area contributed by atoms with Gasteiger partial charge in [0, 0.05) is 12.0 Å². The third-order valence-electron chi connectivity index (χ3n) is 2.48. The Morgan fingerprint density at radius 2 is 2.11 bits per heavy atom. The summed E-state index contributed by atoms with van der Waals surface area (Å²) >= 11 is 3.22. The number of aryl methyl sites for hydroxylation is 1. The molecule has 19 heavy (non-hydrogen) atoms. The first-order valence-electron chi connectivity index (χ1n) is 5.39. The van der Waals surface area contributed by atoms with Crippen molar-refractivity contribution in [2.75, 3.05) is 0 Å². The Morgan fingerprint density at radius 3 is 2.74 bits per heavy atom. The van der Waals surface area contributed by atoms with Crippen LogP contribution in [-0.4, -0.2) is 21.0 Å². The second-order valence-corrected chi connectivity index (χ2v) is 4.66. The minimum absolute atomic E-state index is 0.0584. The molecule has 1 aromatic heterocycles. The van der Waals surface area contributed by atoms with E-state index >= 15 is 0 Å². The number of H-pyrrole nitrogens is 1. The summed E-state index contributed by atoms with van der Waals surface area (Å²) in [4.78, 5) is 17.5. The summed E-state index contributed by atoms with van der Waals surface area (Å²) < 4.78 is 26.5. The summed E-state index contributed by atoms with van der Waals surface area (Å²) in [5, 5.41) is 8.59. The van der Waals surface area contributed by atoms with Gasteiger partial charge in [-0.25, -0.2) is 13.8 Å². The van der Waals surface area contributed by atoms with Gasteiger partial charge in [0.1, 0.15) is 16.1 Å². The zero-order valence-corrected chi connectivity index (χ0v) is 11.2. The Kier molecular flexibility index (Phi) is 3.94. The van der Waals surface area contributed by atoms with Gasteiger partial charge in [0.05, 0.1) is 6.42 Å². The summed E-state index contributed by atoms with van der Waals surface area (Å²) in [6, 6.07) is 3.46. The van der Waals surface area contributed by atoms with Gasteiger partial charge in [-0.05, 0) is 34.1 Å². The van der Waals surface area contributed by atoms with Crippen LogP contribution in [0.4, 0.5) is 8.78 Å². The van der Waals surface area contributed by atoms with E-state index in [1.165, 1.54) is 6.07 Å². The van der Waals surface area contributed by atoms with Crippen molar-refractivity contribution in [3.8, 4) is 11.3 Å². The number of nitrogens with zero attached hydrogens (tertiary/aromatic N) is 1. The standard InChI is InChI=1S/C12H9BrF2N2O2/c13-12-11(6-1-2-7(14)8(15)5-6)16-9(17-12)3-4-10(18)19/h1-2,5H,3-4H2,(H,16,17)(H,18,19). The van der Waals surface area contributed by atoms with Crippen LogP contribution in [0.2, 0.25) is 0 Å². The Balaban J connectivity index is 2.29. The fourth-order valence-corrected chi connectivity index (χ4v) is 2.12. The lowest BCUT2D eigenvalue weighted by Crippen LogP contribution is -1.98. The molecule has 1 aromatic carbocycles. The zero-order valence-electron chi connectivity index (χ0n) is 9.58. The molecule has 0 unspecified atom stereocenters. The molecular formula is C12H9BrF2N2O2. The number of aliphatic carboxylic acids is 1. The molecule has 0 saturated heterocycles. The molecule has 0 amide bonds. The van der Waals surface area contributed by atoms with Gasteiger partial charge in [0.25, 0.3) is 0 Å². The van der Waals surface area contributed by atoms with Crippen LogP contribution in [0.25, 0.3) is 11.3 Å². The molecule has 1 heterocycles. The van der Waals surface area contributed by atoms with E-state index in [4.69, 9.17) is 5.11 Å². The summed E-state index contributed by atoms with van der Waals surface area (Å²) in [7, 11) is 0. The number of imidazole rings is 1.